The van der Waals surface area contributed by atoms with Crippen LogP contribution < -0.4 is 10.9 Å². The number of carbonyl (C=O) groups is 2. The van der Waals surface area contributed by atoms with Crippen LogP contribution >= 0.6 is 23.2 Å². The Labute approximate surface area is 165 Å². The van der Waals surface area contributed by atoms with Crippen molar-refractivity contribution in [2.45, 2.75) is 25.8 Å². The summed E-state index contributed by atoms with van der Waals surface area (Å²) in [5, 5.41) is 3.66. The molecule has 1 aliphatic rings. The number of hydrogen-bond donors (Lipinski definition) is 2. The van der Waals surface area contributed by atoms with Crippen LogP contribution in [-0.4, -0.2) is 45.8 Å². The van der Waals surface area contributed by atoms with E-state index < -0.39 is 17.5 Å². The van der Waals surface area contributed by atoms with Crippen LogP contribution in [0.5, 0.6) is 0 Å². The first-order chi connectivity index (χ1) is 12.9. The lowest BCUT2D eigenvalue weighted by atomic mass is 10.1. The Morgan fingerprint density at radius 2 is 2.00 bits per heavy atom. The van der Waals surface area contributed by atoms with Crippen LogP contribution in [0.15, 0.2) is 29.2 Å². The highest BCUT2D eigenvalue weighted by Crippen LogP contribution is 2.25. The molecule has 7 nitrogen and oxygen atoms in total. The van der Waals surface area contributed by atoms with Crippen LogP contribution in [0.4, 0.5) is 0 Å². The monoisotopic (exact) mass is 408 g/mol. The number of nitrogens with zero attached hydrogens (tertiary/aromatic N) is 2. The Kier molecular flexibility index (Phi) is 5.82. The second kappa shape index (κ2) is 8.10. The number of rotatable bonds is 4. The normalized spacial score (nSPS) is 16.9. The fraction of sp³-hybridized carbons (Fsp3) is 0.333. The maximum Gasteiger partial charge on any atom is 0.263 e. The zero-order chi connectivity index (χ0) is 19.6. The molecule has 1 aromatic carbocycles. The summed E-state index contributed by atoms with van der Waals surface area (Å²) in [6.07, 6.45) is 1.93. The highest BCUT2D eigenvalue weighted by atomic mass is 35.5. The third-order valence-corrected chi connectivity index (χ3v) is 5.17. The smallest absolute Gasteiger partial charge is 0.263 e. The van der Waals surface area contributed by atoms with E-state index in [2.05, 4.69) is 15.3 Å². The topological polar surface area (TPSA) is 95.2 Å². The van der Waals surface area contributed by atoms with Gasteiger partial charge in [0.2, 0.25) is 5.91 Å². The molecular formula is C18H18Cl2N4O3. The van der Waals surface area contributed by atoms with Gasteiger partial charge in [-0.05, 0) is 24.1 Å². The van der Waals surface area contributed by atoms with Crippen molar-refractivity contribution in [3.8, 4) is 0 Å². The zero-order valence-electron chi connectivity index (χ0n) is 14.6. The largest absolute Gasteiger partial charge is 0.353 e. The summed E-state index contributed by atoms with van der Waals surface area (Å²) in [6.45, 7) is 2.52. The van der Waals surface area contributed by atoms with Crippen LogP contribution in [0.1, 0.15) is 35.1 Å². The Bertz CT molecular complexity index is 924. The minimum absolute atomic E-state index is 0.0999. The molecule has 2 heterocycles. The van der Waals surface area contributed by atoms with E-state index in [1.165, 1.54) is 11.1 Å². The first kappa shape index (κ1) is 19.4. The number of aromatic nitrogens is 2. The Morgan fingerprint density at radius 3 is 2.63 bits per heavy atom. The third kappa shape index (κ3) is 3.99. The van der Waals surface area contributed by atoms with Gasteiger partial charge >= 0.3 is 0 Å². The van der Waals surface area contributed by atoms with Crippen LogP contribution in [0.25, 0.3) is 0 Å². The molecule has 0 radical (unpaired) electrons. The predicted octanol–water partition coefficient (Wildman–Crippen LogP) is 2.02. The Balaban J connectivity index is 1.85. The molecule has 1 saturated heterocycles. The lowest BCUT2D eigenvalue weighted by Crippen LogP contribution is -2.57. The molecule has 1 aromatic heterocycles. The average Bonchev–Trinajstić information content (AvgIpc) is 2.64. The van der Waals surface area contributed by atoms with E-state index in [4.69, 9.17) is 23.2 Å². The van der Waals surface area contributed by atoms with Crippen molar-refractivity contribution in [1.29, 1.82) is 0 Å². The van der Waals surface area contributed by atoms with Crippen molar-refractivity contribution in [3.05, 3.63) is 61.7 Å². The molecule has 0 saturated carbocycles. The summed E-state index contributed by atoms with van der Waals surface area (Å²) in [6, 6.07) is 4.54. The first-order valence-corrected chi connectivity index (χ1v) is 9.27. The second-order valence-corrected chi connectivity index (χ2v) is 6.98. The number of nitrogens with one attached hydrogen (secondary N) is 2. The molecule has 0 bridgehead atoms. The van der Waals surface area contributed by atoms with Crippen LogP contribution in [-0.2, 0) is 11.2 Å². The van der Waals surface area contributed by atoms with Crippen LogP contribution in [0.2, 0.25) is 10.0 Å². The van der Waals surface area contributed by atoms with Crippen LogP contribution in [0.3, 0.4) is 0 Å². The van der Waals surface area contributed by atoms with Gasteiger partial charge in [0, 0.05) is 35.8 Å². The summed E-state index contributed by atoms with van der Waals surface area (Å²) < 4.78 is 0. The molecule has 2 aromatic rings. The van der Waals surface area contributed by atoms with E-state index in [1.807, 2.05) is 6.92 Å². The molecule has 9 heteroatoms. The van der Waals surface area contributed by atoms with Gasteiger partial charge in [-0.25, -0.2) is 4.98 Å². The first-order valence-electron chi connectivity index (χ1n) is 8.52. The van der Waals surface area contributed by atoms with Gasteiger partial charge in [-0.2, -0.15) is 0 Å². The SMILES string of the molecule is CC[C@H]1C(=O)NCCN1C(=O)c1cnc(Cc2c(Cl)cccc2Cl)[nH]c1=O. The minimum atomic E-state index is -0.591. The number of carbonyl (C=O) groups excluding carboxylic acids is 2. The summed E-state index contributed by atoms with van der Waals surface area (Å²) in [5.74, 6) is -0.380. The summed E-state index contributed by atoms with van der Waals surface area (Å²) >= 11 is 12.3. The number of aromatic amines is 1. The highest BCUT2D eigenvalue weighted by Gasteiger charge is 2.33. The molecule has 3 rings (SSSR count). The molecule has 142 valence electrons. The summed E-state index contributed by atoms with van der Waals surface area (Å²) in [4.78, 5) is 45.4. The maximum atomic E-state index is 12.8. The molecular weight excluding hydrogens is 391 g/mol. The molecule has 0 unspecified atom stereocenters. The number of benzene rings is 1. The number of halogens is 2. The molecule has 1 atom stereocenters. The van der Waals surface area contributed by atoms with Gasteiger partial charge in [0.15, 0.2) is 0 Å². The molecule has 0 aliphatic carbocycles. The van der Waals surface area contributed by atoms with E-state index in [0.717, 1.165) is 0 Å². The van der Waals surface area contributed by atoms with Crippen molar-refractivity contribution >= 4 is 35.0 Å². The van der Waals surface area contributed by atoms with E-state index >= 15 is 0 Å². The summed E-state index contributed by atoms with van der Waals surface area (Å²) in [5.41, 5.74) is -0.0204. The lowest BCUT2D eigenvalue weighted by Gasteiger charge is -2.34. The van der Waals surface area contributed by atoms with E-state index in [-0.39, 0.29) is 17.9 Å². The second-order valence-electron chi connectivity index (χ2n) is 6.16. The molecule has 2 N–H and O–H groups in total. The maximum absolute atomic E-state index is 12.8. The Morgan fingerprint density at radius 1 is 1.30 bits per heavy atom. The fourth-order valence-corrected chi connectivity index (χ4v) is 3.59. The third-order valence-electron chi connectivity index (χ3n) is 4.47. The standard InChI is InChI=1S/C18H18Cl2N4O3/c1-2-14-17(26)21-6-7-24(14)18(27)11-9-22-15(23-16(11)25)8-10-12(19)4-3-5-13(10)20/h3-5,9,14H,2,6-8H2,1H3,(H,21,26)(H,22,23,25)/t14-/m0/s1. The van der Waals surface area contributed by atoms with Crippen molar-refractivity contribution in [2.24, 2.45) is 0 Å². The molecule has 1 fully saturated rings. The molecule has 2 amide bonds. The van der Waals surface area contributed by atoms with Gasteiger partial charge in [0.25, 0.3) is 11.5 Å². The van der Waals surface area contributed by atoms with Gasteiger partial charge in [-0.15, -0.1) is 0 Å². The van der Waals surface area contributed by atoms with E-state index in [9.17, 15) is 14.4 Å². The van der Waals surface area contributed by atoms with Gasteiger partial charge in [-0.1, -0.05) is 36.2 Å². The summed E-state index contributed by atoms with van der Waals surface area (Å²) in [7, 11) is 0. The number of amides is 2. The van der Waals surface area contributed by atoms with Gasteiger partial charge in [0.1, 0.15) is 17.4 Å². The van der Waals surface area contributed by atoms with Gasteiger partial charge < -0.3 is 15.2 Å². The van der Waals surface area contributed by atoms with Crippen molar-refractivity contribution in [3.63, 3.8) is 0 Å². The van der Waals surface area contributed by atoms with Crippen LogP contribution in [0, 0.1) is 0 Å². The lowest BCUT2D eigenvalue weighted by molar-refractivity contribution is -0.127. The van der Waals surface area contributed by atoms with E-state index in [0.29, 0.717) is 40.9 Å². The van der Waals surface area contributed by atoms with Crippen molar-refractivity contribution in [1.82, 2.24) is 20.2 Å². The number of H-pyrrole nitrogens is 1. The molecule has 27 heavy (non-hydrogen) atoms. The van der Waals surface area contributed by atoms with Crippen molar-refractivity contribution < 1.29 is 9.59 Å². The number of hydrogen-bond acceptors (Lipinski definition) is 4. The van der Waals surface area contributed by atoms with Gasteiger partial charge in [-0.3, -0.25) is 14.4 Å². The van der Waals surface area contributed by atoms with Gasteiger partial charge in [0.05, 0.1) is 0 Å². The predicted molar refractivity (Wildman–Crippen MR) is 102 cm³/mol. The fourth-order valence-electron chi connectivity index (χ4n) is 3.06. The zero-order valence-corrected chi connectivity index (χ0v) is 16.1. The Hall–Kier alpha value is -2.38. The molecule has 0 spiro atoms. The average molecular weight is 409 g/mol. The minimum Gasteiger partial charge on any atom is -0.353 e. The van der Waals surface area contributed by atoms with Crippen molar-refractivity contribution in [2.75, 3.05) is 13.1 Å². The highest BCUT2D eigenvalue weighted by molar-refractivity contribution is 6.36. The quantitative estimate of drug-likeness (QED) is 0.808. The number of piperazine rings is 1. The van der Waals surface area contributed by atoms with E-state index in [1.54, 1.807) is 18.2 Å². The molecule has 1 aliphatic heterocycles.